The van der Waals surface area contributed by atoms with Crippen molar-refractivity contribution in [2.24, 2.45) is 7.05 Å². The van der Waals surface area contributed by atoms with Gasteiger partial charge < -0.3 is 19.1 Å². The van der Waals surface area contributed by atoms with Crippen LogP contribution in [0.2, 0.25) is 0 Å². The summed E-state index contributed by atoms with van der Waals surface area (Å²) in [4.78, 5) is 6.32. The zero-order chi connectivity index (χ0) is 17.5. The molecule has 0 fully saturated rings. The van der Waals surface area contributed by atoms with Gasteiger partial charge in [-0.1, -0.05) is 6.07 Å². The number of nitrogens with zero attached hydrogens (tertiary/aromatic N) is 3. The zero-order valence-electron chi connectivity index (χ0n) is 14.9. The Bertz CT molecular complexity index is 640. The molecule has 24 heavy (non-hydrogen) atoms. The summed E-state index contributed by atoms with van der Waals surface area (Å²) >= 11 is 0. The SMILES string of the molecule is COc1cc(CN(CCO)Cc2cncn2C)ccc1OC(C)C. The number of methoxy groups -OCH3 is 1. The number of aromatic nitrogens is 2. The van der Waals surface area contributed by atoms with Crippen LogP contribution in [-0.4, -0.2) is 45.9 Å². The molecule has 0 unspecified atom stereocenters. The van der Waals surface area contributed by atoms with Crippen molar-refractivity contribution in [3.05, 3.63) is 42.0 Å². The molecule has 0 aliphatic heterocycles. The van der Waals surface area contributed by atoms with Gasteiger partial charge in [-0.15, -0.1) is 0 Å². The van der Waals surface area contributed by atoms with E-state index in [1.54, 1.807) is 13.4 Å². The van der Waals surface area contributed by atoms with E-state index in [1.165, 1.54) is 0 Å². The fraction of sp³-hybridized carbons (Fsp3) is 0.500. The minimum Gasteiger partial charge on any atom is -0.493 e. The third-order valence-corrected chi connectivity index (χ3v) is 3.72. The number of ether oxygens (including phenoxy) is 2. The predicted molar refractivity (Wildman–Crippen MR) is 93.2 cm³/mol. The van der Waals surface area contributed by atoms with Gasteiger partial charge in [-0.05, 0) is 31.5 Å². The average Bonchev–Trinajstić information content (AvgIpc) is 2.93. The second-order valence-electron chi connectivity index (χ2n) is 6.08. The van der Waals surface area contributed by atoms with E-state index < -0.39 is 0 Å². The fourth-order valence-corrected chi connectivity index (χ4v) is 2.54. The van der Waals surface area contributed by atoms with Crippen LogP contribution < -0.4 is 9.47 Å². The van der Waals surface area contributed by atoms with E-state index in [1.807, 2.05) is 49.9 Å². The highest BCUT2D eigenvalue weighted by molar-refractivity contribution is 5.43. The summed E-state index contributed by atoms with van der Waals surface area (Å²) in [6.45, 7) is 6.13. The number of hydrogen-bond acceptors (Lipinski definition) is 5. The minimum absolute atomic E-state index is 0.0977. The summed E-state index contributed by atoms with van der Waals surface area (Å²) in [5.74, 6) is 1.47. The third-order valence-electron chi connectivity index (χ3n) is 3.72. The molecule has 0 bridgehead atoms. The highest BCUT2D eigenvalue weighted by Crippen LogP contribution is 2.29. The topological polar surface area (TPSA) is 59.8 Å². The number of aliphatic hydroxyl groups is 1. The Morgan fingerprint density at radius 3 is 2.62 bits per heavy atom. The molecule has 0 atom stereocenters. The van der Waals surface area contributed by atoms with Crippen molar-refractivity contribution in [3.63, 3.8) is 0 Å². The number of aliphatic hydroxyl groups excluding tert-OH is 1. The van der Waals surface area contributed by atoms with Gasteiger partial charge in [0, 0.05) is 32.9 Å². The first-order valence-electron chi connectivity index (χ1n) is 8.15. The van der Waals surface area contributed by atoms with Crippen molar-refractivity contribution in [3.8, 4) is 11.5 Å². The zero-order valence-corrected chi connectivity index (χ0v) is 14.9. The molecule has 1 aromatic heterocycles. The van der Waals surface area contributed by atoms with Crippen molar-refractivity contribution >= 4 is 0 Å². The molecular formula is C18H27N3O3. The van der Waals surface area contributed by atoms with Gasteiger partial charge in [0.1, 0.15) is 0 Å². The summed E-state index contributed by atoms with van der Waals surface area (Å²) < 4.78 is 13.2. The molecule has 1 aromatic carbocycles. The summed E-state index contributed by atoms with van der Waals surface area (Å²) in [5, 5.41) is 9.35. The molecule has 1 N–H and O–H groups in total. The largest absolute Gasteiger partial charge is 0.493 e. The lowest BCUT2D eigenvalue weighted by atomic mass is 10.1. The number of aryl methyl sites for hydroxylation is 1. The monoisotopic (exact) mass is 333 g/mol. The molecule has 0 saturated heterocycles. The summed E-state index contributed by atoms with van der Waals surface area (Å²) in [6, 6.07) is 5.97. The molecule has 6 nitrogen and oxygen atoms in total. The highest BCUT2D eigenvalue weighted by Gasteiger charge is 2.12. The Labute approximate surface area is 143 Å². The quantitative estimate of drug-likeness (QED) is 0.762. The van der Waals surface area contributed by atoms with Gasteiger partial charge in [-0.3, -0.25) is 4.90 Å². The second-order valence-corrected chi connectivity index (χ2v) is 6.08. The minimum atomic E-state index is 0.0977. The molecule has 0 aliphatic rings. The summed E-state index contributed by atoms with van der Waals surface area (Å²) in [6.07, 6.45) is 3.73. The van der Waals surface area contributed by atoms with Crippen LogP contribution in [0.15, 0.2) is 30.7 Å². The van der Waals surface area contributed by atoms with Crippen molar-refractivity contribution < 1.29 is 14.6 Å². The van der Waals surface area contributed by atoms with Gasteiger partial charge in [-0.25, -0.2) is 4.98 Å². The molecule has 0 saturated carbocycles. The van der Waals surface area contributed by atoms with Crippen LogP contribution in [0.1, 0.15) is 25.1 Å². The molecular weight excluding hydrogens is 306 g/mol. The van der Waals surface area contributed by atoms with Crippen LogP contribution in [0.5, 0.6) is 11.5 Å². The maximum Gasteiger partial charge on any atom is 0.161 e. The average molecular weight is 333 g/mol. The van der Waals surface area contributed by atoms with E-state index in [9.17, 15) is 5.11 Å². The van der Waals surface area contributed by atoms with E-state index in [0.29, 0.717) is 13.1 Å². The summed E-state index contributed by atoms with van der Waals surface area (Å²) in [7, 11) is 3.62. The van der Waals surface area contributed by atoms with Gasteiger partial charge >= 0.3 is 0 Å². The van der Waals surface area contributed by atoms with Crippen LogP contribution in [0.3, 0.4) is 0 Å². The third kappa shape index (κ3) is 4.97. The van der Waals surface area contributed by atoms with Crippen LogP contribution in [0, 0.1) is 0 Å². The van der Waals surface area contributed by atoms with Crippen LogP contribution >= 0.6 is 0 Å². The molecule has 0 amide bonds. The Hall–Kier alpha value is -2.05. The number of benzene rings is 1. The molecule has 6 heteroatoms. The molecule has 2 rings (SSSR count). The van der Waals surface area contributed by atoms with E-state index in [0.717, 1.165) is 29.3 Å². The van der Waals surface area contributed by atoms with Crippen molar-refractivity contribution in [1.29, 1.82) is 0 Å². The molecule has 132 valence electrons. The Kier molecular flexibility index (Phi) is 6.63. The molecule has 0 radical (unpaired) electrons. The second kappa shape index (κ2) is 8.70. The molecule has 1 heterocycles. The standard InChI is InChI=1S/C18H27N3O3/c1-14(2)24-17-6-5-15(9-18(17)23-4)11-21(7-8-22)12-16-10-19-13-20(16)3/h5-6,9-10,13-14,22H,7-8,11-12H2,1-4H3. The summed E-state index contributed by atoms with van der Waals surface area (Å²) in [5.41, 5.74) is 2.22. The molecule has 2 aromatic rings. The van der Waals surface area contributed by atoms with Gasteiger partial charge in [0.2, 0.25) is 0 Å². The smallest absolute Gasteiger partial charge is 0.161 e. The van der Waals surface area contributed by atoms with E-state index in [-0.39, 0.29) is 12.7 Å². The van der Waals surface area contributed by atoms with E-state index in [2.05, 4.69) is 9.88 Å². The van der Waals surface area contributed by atoms with Gasteiger partial charge in [-0.2, -0.15) is 0 Å². The lowest BCUT2D eigenvalue weighted by Crippen LogP contribution is -2.27. The van der Waals surface area contributed by atoms with Crippen molar-refractivity contribution in [2.75, 3.05) is 20.3 Å². The maximum atomic E-state index is 9.35. The van der Waals surface area contributed by atoms with Crippen LogP contribution in [0.25, 0.3) is 0 Å². The fourth-order valence-electron chi connectivity index (χ4n) is 2.54. The Balaban J connectivity index is 2.12. The first-order chi connectivity index (χ1) is 11.5. The first-order valence-corrected chi connectivity index (χ1v) is 8.15. The molecule has 0 aliphatic carbocycles. The van der Waals surface area contributed by atoms with Gasteiger partial charge in [0.05, 0.1) is 31.8 Å². The number of imidazole rings is 1. The normalized spacial score (nSPS) is 11.3. The number of hydrogen-bond donors (Lipinski definition) is 1. The Morgan fingerprint density at radius 2 is 2.04 bits per heavy atom. The first kappa shape index (κ1) is 18.3. The molecule has 0 spiro atoms. The lowest BCUT2D eigenvalue weighted by molar-refractivity contribution is 0.181. The van der Waals surface area contributed by atoms with Gasteiger partial charge in [0.15, 0.2) is 11.5 Å². The predicted octanol–water partition coefficient (Wildman–Crippen LogP) is 2.21. The Morgan fingerprint density at radius 1 is 1.25 bits per heavy atom. The highest BCUT2D eigenvalue weighted by atomic mass is 16.5. The van der Waals surface area contributed by atoms with Crippen LogP contribution in [-0.2, 0) is 20.1 Å². The number of rotatable bonds is 9. The lowest BCUT2D eigenvalue weighted by Gasteiger charge is -2.22. The van der Waals surface area contributed by atoms with Crippen molar-refractivity contribution in [2.45, 2.75) is 33.0 Å². The van der Waals surface area contributed by atoms with Gasteiger partial charge in [0.25, 0.3) is 0 Å². The maximum absolute atomic E-state index is 9.35. The van der Waals surface area contributed by atoms with Crippen molar-refractivity contribution in [1.82, 2.24) is 14.5 Å². The van der Waals surface area contributed by atoms with Crippen LogP contribution in [0.4, 0.5) is 0 Å². The van der Waals surface area contributed by atoms with E-state index >= 15 is 0 Å². The van der Waals surface area contributed by atoms with E-state index in [4.69, 9.17) is 9.47 Å².